The van der Waals surface area contributed by atoms with E-state index in [1.165, 1.54) is 32.1 Å². The van der Waals surface area contributed by atoms with E-state index < -0.39 is 0 Å². The molecule has 0 aliphatic rings. The van der Waals surface area contributed by atoms with E-state index in [0.29, 0.717) is 6.01 Å². The van der Waals surface area contributed by atoms with Gasteiger partial charge in [-0.1, -0.05) is 46.0 Å². The fraction of sp³-hybridized carbons (Fsp3) is 0.692. The van der Waals surface area contributed by atoms with Crippen molar-refractivity contribution in [2.24, 2.45) is 0 Å². The fourth-order valence-corrected chi connectivity index (χ4v) is 1.16. The molecule has 1 heterocycles. The van der Waals surface area contributed by atoms with Gasteiger partial charge in [-0.2, -0.15) is 0 Å². The lowest BCUT2D eigenvalue weighted by atomic mass is 10.2. The fourth-order valence-electron chi connectivity index (χ4n) is 1.16. The van der Waals surface area contributed by atoms with Gasteiger partial charge in [-0.3, -0.25) is 0 Å². The van der Waals surface area contributed by atoms with Crippen molar-refractivity contribution in [3.8, 4) is 6.01 Å². The molecular formula is C13H24N2O. The number of aromatic nitrogens is 2. The molecule has 0 N–H and O–H groups in total. The second-order valence-electron chi connectivity index (χ2n) is 3.81. The van der Waals surface area contributed by atoms with Gasteiger partial charge in [0, 0.05) is 12.4 Å². The lowest BCUT2D eigenvalue weighted by Crippen LogP contribution is -1.90. The van der Waals surface area contributed by atoms with E-state index in [1.807, 2.05) is 6.92 Å². The summed E-state index contributed by atoms with van der Waals surface area (Å²) in [6.45, 7) is 6.42. The van der Waals surface area contributed by atoms with E-state index in [9.17, 15) is 0 Å². The highest BCUT2D eigenvalue weighted by Crippen LogP contribution is 2.00. The zero-order chi connectivity index (χ0) is 12.2. The van der Waals surface area contributed by atoms with E-state index in [-0.39, 0.29) is 0 Å². The van der Waals surface area contributed by atoms with Gasteiger partial charge in [-0.15, -0.1) is 0 Å². The monoisotopic (exact) mass is 224 g/mol. The van der Waals surface area contributed by atoms with Crippen LogP contribution in [-0.4, -0.2) is 17.1 Å². The summed E-state index contributed by atoms with van der Waals surface area (Å²) in [7, 11) is 1.55. The standard InChI is InChI=1S/C7H16.C6H8N2O/c1-3-5-7-6-4-2;1-5-3-7-6(9-2)8-4-5/h3-7H2,1-2H3;3-4H,1-2H3. The molecule has 0 aliphatic heterocycles. The highest BCUT2D eigenvalue weighted by molar-refractivity contribution is 5.04. The van der Waals surface area contributed by atoms with E-state index in [1.54, 1.807) is 19.5 Å². The molecule has 0 spiro atoms. The smallest absolute Gasteiger partial charge is 0.316 e. The second kappa shape index (κ2) is 10.4. The number of rotatable bonds is 5. The third kappa shape index (κ3) is 8.21. The molecule has 0 saturated carbocycles. The van der Waals surface area contributed by atoms with E-state index in [4.69, 9.17) is 4.74 Å². The number of unbranched alkanes of at least 4 members (excludes halogenated alkanes) is 4. The maximum absolute atomic E-state index is 4.75. The lowest BCUT2D eigenvalue weighted by Gasteiger charge is -1.94. The molecule has 1 aromatic rings. The second-order valence-corrected chi connectivity index (χ2v) is 3.81. The molecule has 0 aliphatic carbocycles. The summed E-state index contributed by atoms with van der Waals surface area (Å²) in [4.78, 5) is 7.73. The molecule has 0 unspecified atom stereocenters. The molecule has 0 atom stereocenters. The zero-order valence-electron chi connectivity index (χ0n) is 11.0. The Labute approximate surface area is 99.3 Å². The van der Waals surface area contributed by atoms with Crippen LogP contribution in [0.3, 0.4) is 0 Å². The van der Waals surface area contributed by atoms with Crippen molar-refractivity contribution in [2.75, 3.05) is 7.11 Å². The van der Waals surface area contributed by atoms with Crippen LogP contribution in [0.4, 0.5) is 0 Å². The van der Waals surface area contributed by atoms with Crippen LogP contribution in [0.15, 0.2) is 12.4 Å². The number of methoxy groups -OCH3 is 1. The first-order chi connectivity index (χ1) is 7.74. The van der Waals surface area contributed by atoms with Crippen LogP contribution < -0.4 is 4.74 Å². The predicted molar refractivity (Wildman–Crippen MR) is 67.8 cm³/mol. The number of aryl methyl sites for hydroxylation is 1. The summed E-state index contributed by atoms with van der Waals surface area (Å²) >= 11 is 0. The summed E-state index contributed by atoms with van der Waals surface area (Å²) in [5, 5.41) is 0. The van der Waals surface area contributed by atoms with Crippen molar-refractivity contribution in [3.63, 3.8) is 0 Å². The highest BCUT2D eigenvalue weighted by Gasteiger charge is 1.89. The first kappa shape index (κ1) is 14.9. The Balaban J connectivity index is 0.000000293. The lowest BCUT2D eigenvalue weighted by molar-refractivity contribution is 0.379. The topological polar surface area (TPSA) is 35.0 Å². The van der Waals surface area contributed by atoms with Crippen molar-refractivity contribution >= 4 is 0 Å². The summed E-state index contributed by atoms with van der Waals surface area (Å²) in [5.41, 5.74) is 1.04. The number of hydrogen-bond acceptors (Lipinski definition) is 3. The van der Waals surface area contributed by atoms with Crippen molar-refractivity contribution < 1.29 is 4.74 Å². The van der Waals surface area contributed by atoms with Gasteiger partial charge in [-0.25, -0.2) is 9.97 Å². The molecule has 3 heteroatoms. The van der Waals surface area contributed by atoms with Crippen molar-refractivity contribution in [1.29, 1.82) is 0 Å². The maximum atomic E-state index is 4.75. The molecule has 0 fully saturated rings. The van der Waals surface area contributed by atoms with Gasteiger partial charge < -0.3 is 4.74 Å². The van der Waals surface area contributed by atoms with Crippen LogP contribution in [0, 0.1) is 6.92 Å². The third-order valence-corrected chi connectivity index (χ3v) is 2.15. The summed E-state index contributed by atoms with van der Waals surface area (Å²) < 4.78 is 4.75. The highest BCUT2D eigenvalue weighted by atomic mass is 16.5. The zero-order valence-corrected chi connectivity index (χ0v) is 11.0. The molecule has 0 aromatic carbocycles. The number of hydrogen-bond donors (Lipinski definition) is 0. The van der Waals surface area contributed by atoms with Crippen LogP contribution >= 0.6 is 0 Å². The van der Waals surface area contributed by atoms with Crippen LogP contribution in [0.25, 0.3) is 0 Å². The van der Waals surface area contributed by atoms with Gasteiger partial charge in [0.25, 0.3) is 0 Å². The minimum absolute atomic E-state index is 0.417. The summed E-state index contributed by atoms with van der Waals surface area (Å²) in [6, 6.07) is 0.417. The normalized spacial score (nSPS) is 9.25. The van der Waals surface area contributed by atoms with Gasteiger partial charge in [0.05, 0.1) is 7.11 Å². The Kier molecular flexibility index (Phi) is 9.67. The Hall–Kier alpha value is -1.12. The molecule has 0 radical (unpaired) electrons. The molecule has 0 saturated heterocycles. The summed E-state index contributed by atoms with van der Waals surface area (Å²) in [6.07, 6.45) is 10.4. The first-order valence-corrected chi connectivity index (χ1v) is 6.07. The molecule has 16 heavy (non-hydrogen) atoms. The van der Waals surface area contributed by atoms with Crippen LogP contribution in [0.5, 0.6) is 6.01 Å². The molecule has 1 rings (SSSR count). The predicted octanol–water partition coefficient (Wildman–Crippen LogP) is 3.77. The Bertz CT molecular complexity index is 243. The number of nitrogens with zero attached hydrogens (tertiary/aromatic N) is 2. The van der Waals surface area contributed by atoms with Crippen LogP contribution in [0.1, 0.15) is 51.5 Å². The number of ether oxygens (including phenoxy) is 1. The van der Waals surface area contributed by atoms with Gasteiger partial charge in [0.2, 0.25) is 0 Å². The third-order valence-electron chi connectivity index (χ3n) is 2.15. The largest absolute Gasteiger partial charge is 0.467 e. The first-order valence-electron chi connectivity index (χ1n) is 6.07. The molecule has 3 nitrogen and oxygen atoms in total. The van der Waals surface area contributed by atoms with Crippen LogP contribution in [-0.2, 0) is 0 Å². The molecule has 1 aromatic heterocycles. The van der Waals surface area contributed by atoms with Crippen molar-refractivity contribution in [1.82, 2.24) is 9.97 Å². The van der Waals surface area contributed by atoms with Gasteiger partial charge in [-0.05, 0) is 12.5 Å². The van der Waals surface area contributed by atoms with E-state index in [0.717, 1.165) is 5.56 Å². The minimum atomic E-state index is 0.417. The molecular weight excluding hydrogens is 200 g/mol. The van der Waals surface area contributed by atoms with Gasteiger partial charge >= 0.3 is 6.01 Å². The van der Waals surface area contributed by atoms with Gasteiger partial charge in [0.15, 0.2) is 0 Å². The Morgan fingerprint density at radius 3 is 1.88 bits per heavy atom. The van der Waals surface area contributed by atoms with Crippen molar-refractivity contribution in [3.05, 3.63) is 18.0 Å². The van der Waals surface area contributed by atoms with E-state index >= 15 is 0 Å². The molecule has 0 amide bonds. The quantitative estimate of drug-likeness (QED) is 0.714. The van der Waals surface area contributed by atoms with Gasteiger partial charge in [0.1, 0.15) is 0 Å². The Morgan fingerprint density at radius 2 is 1.50 bits per heavy atom. The van der Waals surface area contributed by atoms with Crippen molar-refractivity contribution in [2.45, 2.75) is 52.9 Å². The van der Waals surface area contributed by atoms with E-state index in [2.05, 4.69) is 23.8 Å². The molecule has 92 valence electrons. The average molecular weight is 224 g/mol. The summed E-state index contributed by atoms with van der Waals surface area (Å²) in [5.74, 6) is 0. The SMILES string of the molecule is CCCCCCC.COc1ncc(C)cn1. The Morgan fingerprint density at radius 1 is 1.00 bits per heavy atom. The van der Waals surface area contributed by atoms with Crippen LogP contribution in [0.2, 0.25) is 0 Å². The maximum Gasteiger partial charge on any atom is 0.316 e. The minimum Gasteiger partial charge on any atom is -0.467 e. The molecule has 0 bridgehead atoms. The average Bonchev–Trinajstić information content (AvgIpc) is 2.32.